The Morgan fingerprint density at radius 1 is 0.900 bits per heavy atom. The first kappa shape index (κ1) is 19.1. The lowest BCUT2D eigenvalue weighted by Crippen LogP contribution is -1.98. The van der Waals surface area contributed by atoms with Crippen LogP contribution in [-0.2, 0) is 6.54 Å². The molecule has 0 aliphatic heterocycles. The predicted molar refractivity (Wildman–Crippen MR) is 103 cm³/mol. The van der Waals surface area contributed by atoms with Crippen molar-refractivity contribution >= 4 is 22.6 Å². The molecule has 0 fully saturated rings. The largest absolute Gasteiger partial charge is 0.494 e. The Morgan fingerprint density at radius 3 is 2.20 bits per heavy atom. The number of aromatic nitrogens is 1. The molecule has 2 aromatic carbocycles. The van der Waals surface area contributed by atoms with E-state index >= 15 is 0 Å². The summed E-state index contributed by atoms with van der Waals surface area (Å²) in [5.41, 5.74) is 0.143. The number of halogens is 1. The van der Waals surface area contributed by atoms with Gasteiger partial charge in [-0.05, 0) is 54.6 Å². The molecule has 0 spiro atoms. The highest BCUT2D eigenvalue weighted by Crippen LogP contribution is 2.37. The summed E-state index contributed by atoms with van der Waals surface area (Å²) in [6.45, 7) is 0.0918. The molecule has 2 N–H and O–H groups in total. The third kappa shape index (κ3) is 3.55. The van der Waals surface area contributed by atoms with Gasteiger partial charge in [0, 0.05) is 21.9 Å². The molecular weight excluding hydrogens is 393 g/mol. The number of azo groups is 1. The lowest BCUT2D eigenvalue weighted by atomic mass is 10.1. The molecule has 8 nitrogen and oxygen atoms in total. The van der Waals surface area contributed by atoms with E-state index in [0.717, 1.165) is 12.1 Å². The maximum Gasteiger partial charge on any atom is 0.295 e. The van der Waals surface area contributed by atoms with Crippen LogP contribution in [0.15, 0.2) is 75.5 Å². The number of carbonyl (C=O) groups is 2. The predicted octanol–water partition coefficient (Wildman–Crippen LogP) is 4.27. The maximum absolute atomic E-state index is 12.9. The molecular formula is C21H14FN3O5. The summed E-state index contributed by atoms with van der Waals surface area (Å²) in [7, 11) is 0. The molecule has 2 heterocycles. The first-order valence-electron chi connectivity index (χ1n) is 8.76. The second-order valence-electron chi connectivity index (χ2n) is 6.39. The fraction of sp³-hybridized carbons (Fsp3) is 0.0476. The van der Waals surface area contributed by atoms with Crippen LogP contribution in [0.1, 0.15) is 26.5 Å². The molecule has 0 bridgehead atoms. The molecule has 2 amide bonds. The number of fused-ring (bicyclic) bond motifs is 1. The number of amides is 2. The Morgan fingerprint density at radius 2 is 1.53 bits per heavy atom. The second kappa shape index (κ2) is 7.63. The molecule has 0 saturated carbocycles. The number of furan rings is 1. The van der Waals surface area contributed by atoms with Gasteiger partial charge in [0.25, 0.3) is 11.8 Å². The fourth-order valence-corrected chi connectivity index (χ4v) is 2.96. The van der Waals surface area contributed by atoms with E-state index in [9.17, 15) is 24.2 Å². The van der Waals surface area contributed by atoms with Gasteiger partial charge in [-0.15, -0.1) is 10.2 Å². The highest BCUT2D eigenvalue weighted by Gasteiger charge is 2.19. The summed E-state index contributed by atoms with van der Waals surface area (Å²) in [6.07, 6.45) is 1.47. The molecule has 0 aliphatic rings. The molecule has 30 heavy (non-hydrogen) atoms. The van der Waals surface area contributed by atoms with E-state index in [1.807, 2.05) is 0 Å². The minimum atomic E-state index is -0.815. The minimum Gasteiger partial charge on any atom is -0.494 e. The van der Waals surface area contributed by atoms with Crippen molar-refractivity contribution in [1.82, 2.24) is 4.57 Å². The molecule has 4 rings (SSSR count). The SMILES string of the molecule is O=C(N=NC(=O)c1ccc2c(O)n(Cc3ccco3)c(O)c2c1)c1ccc(F)cc1. The summed E-state index contributed by atoms with van der Waals surface area (Å²) in [5.74, 6) is -2.04. The van der Waals surface area contributed by atoms with Gasteiger partial charge in [0.1, 0.15) is 11.6 Å². The van der Waals surface area contributed by atoms with Crippen molar-refractivity contribution in [2.45, 2.75) is 6.54 Å². The minimum absolute atomic E-state index is 0.0589. The Kier molecular flexibility index (Phi) is 4.85. The molecule has 9 heteroatoms. The van der Waals surface area contributed by atoms with E-state index in [-0.39, 0.29) is 34.8 Å². The number of benzene rings is 2. The Balaban J connectivity index is 1.59. The van der Waals surface area contributed by atoms with E-state index in [0.29, 0.717) is 11.1 Å². The first-order valence-corrected chi connectivity index (χ1v) is 8.76. The van der Waals surface area contributed by atoms with Crippen LogP contribution in [0.4, 0.5) is 4.39 Å². The van der Waals surface area contributed by atoms with E-state index in [2.05, 4.69) is 10.2 Å². The summed E-state index contributed by atoms with van der Waals surface area (Å²) in [4.78, 5) is 24.2. The van der Waals surface area contributed by atoms with E-state index in [4.69, 9.17) is 4.42 Å². The Hall–Kier alpha value is -4.27. The third-order valence-electron chi connectivity index (χ3n) is 4.48. The zero-order valence-corrected chi connectivity index (χ0v) is 15.3. The molecule has 0 atom stereocenters. The van der Waals surface area contributed by atoms with Gasteiger partial charge in [-0.1, -0.05) is 0 Å². The lowest BCUT2D eigenvalue weighted by molar-refractivity contribution is 0.0947. The van der Waals surface area contributed by atoms with Gasteiger partial charge >= 0.3 is 0 Å². The quantitative estimate of drug-likeness (QED) is 0.490. The second-order valence-corrected chi connectivity index (χ2v) is 6.39. The van der Waals surface area contributed by atoms with Crippen molar-refractivity contribution in [3.05, 3.63) is 83.6 Å². The molecule has 0 aliphatic carbocycles. The standard InChI is InChI=1S/C21H14FN3O5/c22-14-6-3-12(4-7-14)18(26)23-24-19(27)13-5-8-16-17(10-13)21(29)25(20(16)28)11-15-2-1-9-30-15/h1-10,28-29H,11H2. The van der Waals surface area contributed by atoms with E-state index in [1.54, 1.807) is 12.1 Å². The third-order valence-corrected chi connectivity index (χ3v) is 4.48. The fourth-order valence-electron chi connectivity index (χ4n) is 2.96. The monoisotopic (exact) mass is 407 g/mol. The highest BCUT2D eigenvalue weighted by molar-refractivity contribution is 6.03. The van der Waals surface area contributed by atoms with E-state index in [1.165, 1.54) is 41.2 Å². The summed E-state index contributed by atoms with van der Waals surface area (Å²) in [6, 6.07) is 12.2. The zero-order valence-electron chi connectivity index (χ0n) is 15.3. The van der Waals surface area contributed by atoms with Crippen molar-refractivity contribution in [1.29, 1.82) is 0 Å². The number of hydrogen-bond acceptors (Lipinski definition) is 5. The van der Waals surface area contributed by atoms with Gasteiger partial charge in [-0.2, -0.15) is 0 Å². The smallest absolute Gasteiger partial charge is 0.295 e. The lowest BCUT2D eigenvalue weighted by Gasteiger charge is -2.03. The van der Waals surface area contributed by atoms with Crippen molar-refractivity contribution in [2.24, 2.45) is 10.2 Å². The van der Waals surface area contributed by atoms with Gasteiger partial charge in [-0.3, -0.25) is 14.2 Å². The number of nitrogens with zero attached hydrogens (tertiary/aromatic N) is 3. The topological polar surface area (TPSA) is 117 Å². The first-order chi connectivity index (χ1) is 14.4. The Labute approximate surface area is 168 Å². The number of rotatable bonds is 4. The number of aromatic hydroxyl groups is 2. The van der Waals surface area contributed by atoms with Crippen LogP contribution in [0.2, 0.25) is 0 Å². The van der Waals surface area contributed by atoms with E-state index < -0.39 is 17.6 Å². The van der Waals surface area contributed by atoms with Crippen LogP contribution >= 0.6 is 0 Å². The van der Waals surface area contributed by atoms with Gasteiger partial charge in [0.05, 0.1) is 12.8 Å². The van der Waals surface area contributed by atoms with Gasteiger partial charge in [-0.25, -0.2) is 4.39 Å². The average Bonchev–Trinajstić information content (AvgIpc) is 3.35. The average molecular weight is 407 g/mol. The van der Waals surface area contributed by atoms with Crippen LogP contribution < -0.4 is 0 Å². The van der Waals surface area contributed by atoms with Crippen molar-refractivity contribution < 1.29 is 28.6 Å². The molecule has 0 saturated heterocycles. The molecule has 150 valence electrons. The number of hydrogen-bond donors (Lipinski definition) is 2. The van der Waals surface area contributed by atoms with Gasteiger partial charge in [0.15, 0.2) is 0 Å². The van der Waals surface area contributed by atoms with Crippen LogP contribution in [-0.4, -0.2) is 26.6 Å². The van der Waals surface area contributed by atoms with Crippen molar-refractivity contribution in [3.63, 3.8) is 0 Å². The van der Waals surface area contributed by atoms with Crippen molar-refractivity contribution in [2.75, 3.05) is 0 Å². The van der Waals surface area contributed by atoms with Crippen LogP contribution in [0, 0.1) is 5.82 Å². The van der Waals surface area contributed by atoms with Crippen LogP contribution in [0.25, 0.3) is 10.8 Å². The summed E-state index contributed by atoms with van der Waals surface area (Å²) < 4.78 is 19.4. The summed E-state index contributed by atoms with van der Waals surface area (Å²) >= 11 is 0. The maximum atomic E-state index is 12.9. The van der Waals surface area contributed by atoms with Crippen LogP contribution in [0.3, 0.4) is 0 Å². The van der Waals surface area contributed by atoms with Crippen LogP contribution in [0.5, 0.6) is 11.8 Å². The molecule has 0 radical (unpaired) electrons. The zero-order chi connectivity index (χ0) is 21.3. The van der Waals surface area contributed by atoms with Crippen molar-refractivity contribution in [3.8, 4) is 11.8 Å². The summed E-state index contributed by atoms with van der Waals surface area (Å²) in [5, 5.41) is 28.2. The molecule has 0 unspecified atom stereocenters. The normalized spacial score (nSPS) is 11.4. The van der Waals surface area contributed by atoms with Gasteiger partial charge < -0.3 is 14.6 Å². The van der Waals surface area contributed by atoms with Gasteiger partial charge in [0.2, 0.25) is 11.8 Å². The number of carbonyl (C=O) groups excluding carboxylic acids is 2. The molecule has 4 aromatic rings. The Bertz CT molecular complexity index is 1270. The molecule has 2 aromatic heterocycles. The highest BCUT2D eigenvalue weighted by atomic mass is 19.1.